The molecular weight excluding hydrogens is 333 g/mol. The number of carbonyl (C=O) groups is 1. The molecule has 0 spiro atoms. The molecule has 0 fully saturated rings. The molecule has 0 aliphatic rings. The molecule has 22 heavy (non-hydrogen) atoms. The van der Waals surface area contributed by atoms with Gasteiger partial charge in [-0.15, -0.1) is 0 Å². The van der Waals surface area contributed by atoms with Gasteiger partial charge in [-0.2, -0.15) is 26.3 Å². The first-order valence-corrected chi connectivity index (χ1v) is 5.32. The molecule has 11 heteroatoms. The van der Waals surface area contributed by atoms with Crippen LogP contribution in [0.25, 0.3) is 0 Å². The second-order valence-electron chi connectivity index (χ2n) is 4.03. The maximum atomic E-state index is 13.2. The third-order valence-electron chi connectivity index (χ3n) is 2.47. The van der Waals surface area contributed by atoms with E-state index < -0.39 is 41.6 Å². The molecule has 0 saturated carbocycles. The highest BCUT2D eigenvalue weighted by Crippen LogP contribution is 2.48. The average molecular weight is 339 g/mol. The van der Waals surface area contributed by atoms with Crippen molar-refractivity contribution in [2.45, 2.75) is 24.2 Å². The molecule has 1 aromatic carbocycles. The Kier molecular flexibility index (Phi) is 4.68. The van der Waals surface area contributed by atoms with E-state index in [0.29, 0.717) is 24.3 Å². The maximum Gasteiger partial charge on any atom is 0.393 e. The van der Waals surface area contributed by atoms with Crippen LogP contribution in [0.5, 0.6) is 0 Å². The monoisotopic (exact) mass is 339 g/mol. The van der Waals surface area contributed by atoms with Crippen molar-refractivity contribution in [2.75, 3.05) is 5.32 Å². The van der Waals surface area contributed by atoms with E-state index in [1.54, 1.807) is 0 Å². The van der Waals surface area contributed by atoms with Crippen LogP contribution in [0.2, 0.25) is 0 Å². The highest BCUT2D eigenvalue weighted by molar-refractivity contribution is 5.97. The number of alkyl halides is 8. The minimum Gasteiger partial charge on any atom is -0.321 e. The Labute approximate surface area is 116 Å². The molecule has 124 valence electrons. The predicted octanol–water partition coefficient (Wildman–Crippen LogP) is 3.94. The third-order valence-corrected chi connectivity index (χ3v) is 2.47. The van der Waals surface area contributed by atoms with Gasteiger partial charge in [-0.3, -0.25) is 4.79 Å². The Morgan fingerprint density at radius 3 is 1.82 bits per heavy atom. The van der Waals surface area contributed by atoms with Crippen LogP contribution in [0, 0.1) is 5.82 Å². The second-order valence-corrected chi connectivity index (χ2v) is 4.03. The number of rotatable bonds is 5. The number of benzene rings is 1. The van der Waals surface area contributed by atoms with Gasteiger partial charge in [0.25, 0.3) is 0 Å². The van der Waals surface area contributed by atoms with Gasteiger partial charge in [-0.05, 0) is 24.3 Å². The Bertz CT molecular complexity index is 541. The van der Waals surface area contributed by atoms with Crippen LogP contribution in [0.1, 0.15) is 0 Å². The fourth-order valence-corrected chi connectivity index (χ4v) is 1.23. The minimum absolute atomic E-state index is 0.623. The summed E-state index contributed by atoms with van der Waals surface area (Å²) in [7, 11) is 0. The van der Waals surface area contributed by atoms with Gasteiger partial charge in [0, 0.05) is 5.69 Å². The van der Waals surface area contributed by atoms with E-state index in [2.05, 4.69) is 0 Å². The van der Waals surface area contributed by atoms with Crippen molar-refractivity contribution in [1.29, 1.82) is 0 Å². The lowest BCUT2D eigenvalue weighted by Crippen LogP contribution is -2.61. The number of anilines is 1. The van der Waals surface area contributed by atoms with E-state index in [1.165, 1.54) is 0 Å². The van der Waals surface area contributed by atoms with E-state index in [9.17, 15) is 44.3 Å². The van der Waals surface area contributed by atoms with E-state index in [-0.39, 0.29) is 0 Å². The van der Waals surface area contributed by atoms with Crippen LogP contribution < -0.4 is 5.32 Å². The smallest absolute Gasteiger partial charge is 0.321 e. The number of hydrogen-bond acceptors (Lipinski definition) is 1. The van der Waals surface area contributed by atoms with Gasteiger partial charge in [0.05, 0.1) is 0 Å². The Morgan fingerprint density at radius 2 is 1.41 bits per heavy atom. The molecule has 0 bridgehead atoms. The summed E-state index contributed by atoms with van der Waals surface area (Å²) in [5.41, 5.74) is -0.623. The molecule has 0 atom stereocenters. The van der Waals surface area contributed by atoms with Gasteiger partial charge in [-0.25, -0.2) is 13.2 Å². The first-order chi connectivity index (χ1) is 9.84. The van der Waals surface area contributed by atoms with E-state index >= 15 is 0 Å². The van der Waals surface area contributed by atoms with Gasteiger partial charge in [0.2, 0.25) is 0 Å². The van der Waals surface area contributed by atoms with Crippen molar-refractivity contribution in [2.24, 2.45) is 0 Å². The van der Waals surface area contributed by atoms with E-state index in [0.717, 1.165) is 5.32 Å². The molecule has 1 rings (SSSR count). The second kappa shape index (κ2) is 5.69. The van der Waals surface area contributed by atoms with Crippen LogP contribution in [-0.2, 0) is 4.79 Å². The van der Waals surface area contributed by atoms with Crippen LogP contribution in [0.15, 0.2) is 24.3 Å². The molecule has 0 unspecified atom stereocenters. The fraction of sp³-hybridized carbons (Fsp3) is 0.364. The van der Waals surface area contributed by atoms with Crippen molar-refractivity contribution in [1.82, 2.24) is 0 Å². The van der Waals surface area contributed by atoms with Crippen molar-refractivity contribution in [3.05, 3.63) is 30.1 Å². The largest absolute Gasteiger partial charge is 0.393 e. The van der Waals surface area contributed by atoms with Gasteiger partial charge in [0.1, 0.15) is 5.82 Å². The Hall–Kier alpha value is -1.94. The predicted molar refractivity (Wildman–Crippen MR) is 55.9 cm³/mol. The molecule has 0 saturated heterocycles. The molecule has 0 aromatic heterocycles. The Balaban J connectivity index is 3.06. The molecule has 2 nitrogen and oxygen atoms in total. The highest BCUT2D eigenvalue weighted by atomic mass is 19.4. The molecule has 1 aromatic rings. The van der Waals surface area contributed by atoms with E-state index in [4.69, 9.17) is 0 Å². The molecule has 1 N–H and O–H groups in total. The minimum atomic E-state index is -6.64. The first kappa shape index (κ1) is 18.1. The lowest BCUT2D eigenvalue weighted by Gasteiger charge is -2.31. The summed E-state index contributed by atoms with van der Waals surface area (Å²) < 4.78 is 114. The number of nitrogens with one attached hydrogen (secondary N) is 1. The summed E-state index contributed by atoms with van der Waals surface area (Å²) in [5.74, 6) is -23.0. The van der Waals surface area contributed by atoms with Gasteiger partial charge < -0.3 is 5.32 Å². The van der Waals surface area contributed by atoms with Crippen LogP contribution in [0.3, 0.4) is 0 Å². The number of hydrogen-bond donors (Lipinski definition) is 1. The summed E-state index contributed by atoms with van der Waals surface area (Å²) in [4.78, 5) is 11.0. The van der Waals surface area contributed by atoms with Crippen molar-refractivity contribution in [3.8, 4) is 0 Å². The molecule has 0 aliphatic heterocycles. The molecule has 0 radical (unpaired) electrons. The number of carbonyl (C=O) groups excluding carboxylic acids is 1. The molecule has 0 aliphatic carbocycles. The summed E-state index contributed by atoms with van der Waals surface area (Å²) in [6.07, 6.45) is -5.12. The van der Waals surface area contributed by atoms with Crippen LogP contribution >= 0.6 is 0 Å². The first-order valence-electron chi connectivity index (χ1n) is 5.32. The van der Waals surface area contributed by atoms with Crippen LogP contribution in [0.4, 0.5) is 45.2 Å². The summed E-state index contributed by atoms with van der Waals surface area (Å²) in [5, 5.41) is 1.11. The van der Waals surface area contributed by atoms with E-state index in [1.807, 2.05) is 0 Å². The van der Waals surface area contributed by atoms with Crippen molar-refractivity contribution in [3.63, 3.8) is 0 Å². The number of halogens is 9. The number of amides is 1. The van der Waals surface area contributed by atoms with Gasteiger partial charge >= 0.3 is 30.1 Å². The quantitative estimate of drug-likeness (QED) is 0.809. The summed E-state index contributed by atoms with van der Waals surface area (Å²) in [6, 6.07) is 2.65. The van der Waals surface area contributed by atoms with Crippen molar-refractivity contribution >= 4 is 11.6 Å². The van der Waals surface area contributed by atoms with Gasteiger partial charge in [0.15, 0.2) is 0 Å². The zero-order valence-corrected chi connectivity index (χ0v) is 10.2. The summed E-state index contributed by atoms with van der Waals surface area (Å²) >= 11 is 0. The maximum absolute atomic E-state index is 13.2. The highest BCUT2D eigenvalue weighted by Gasteiger charge is 2.78. The van der Waals surface area contributed by atoms with Crippen molar-refractivity contribution < 1.29 is 44.3 Å². The molecule has 1 amide bonds. The topological polar surface area (TPSA) is 29.1 Å². The third kappa shape index (κ3) is 2.97. The molecular formula is C11H6F9NO. The fourth-order valence-electron chi connectivity index (χ4n) is 1.23. The van der Waals surface area contributed by atoms with Crippen LogP contribution in [-0.4, -0.2) is 30.1 Å². The van der Waals surface area contributed by atoms with Gasteiger partial charge in [-0.1, -0.05) is 0 Å². The normalized spacial score (nSPS) is 13.4. The lowest BCUT2D eigenvalue weighted by atomic mass is 10.0. The Morgan fingerprint density at radius 1 is 0.955 bits per heavy atom. The average Bonchev–Trinajstić information content (AvgIpc) is 2.40. The zero-order valence-electron chi connectivity index (χ0n) is 10.2. The lowest BCUT2D eigenvalue weighted by molar-refractivity contribution is -0.326. The SMILES string of the molecule is O=C(Nc1ccc(F)cc1)C(F)(F)C(F)(F)C(F)(F)C(F)F. The zero-order chi connectivity index (χ0) is 17.3. The summed E-state index contributed by atoms with van der Waals surface area (Å²) in [6.45, 7) is 0. The molecule has 0 heterocycles. The standard InChI is InChI=1S/C11H6F9NO/c12-5-1-3-6(4-2-5)21-8(22)10(17,18)11(19,20)9(15,16)7(13)14/h1-4,7H,(H,21,22).